The number of rotatable bonds is 4. The lowest BCUT2D eigenvalue weighted by Gasteiger charge is -2.33. The highest BCUT2D eigenvalue weighted by molar-refractivity contribution is 5.96. The Bertz CT molecular complexity index is 498. The van der Waals surface area contributed by atoms with E-state index in [1.54, 1.807) is 17.2 Å². The number of hydrogen-bond acceptors (Lipinski definition) is 4. The molecule has 0 aliphatic carbocycles. The van der Waals surface area contributed by atoms with Crippen LogP contribution in [0.15, 0.2) is 18.3 Å². The van der Waals surface area contributed by atoms with Gasteiger partial charge in [-0.2, -0.15) is 0 Å². The standard InChI is InChI=1S/C14H20N4O2/c1-10-3-2-6-17-13(10)14(20)18(9-12(15)19)11-4-7-16-8-5-11/h2-3,6,11,16H,4-5,7-9H2,1H3,(H2,15,19). The zero-order valence-electron chi connectivity index (χ0n) is 11.6. The molecule has 2 amide bonds. The second kappa shape index (κ2) is 6.47. The summed E-state index contributed by atoms with van der Waals surface area (Å²) in [6.45, 7) is 3.47. The molecule has 2 rings (SSSR count). The Morgan fingerprint density at radius 3 is 2.75 bits per heavy atom. The van der Waals surface area contributed by atoms with Crippen LogP contribution in [0.2, 0.25) is 0 Å². The first-order valence-corrected chi connectivity index (χ1v) is 6.81. The second-order valence-corrected chi connectivity index (χ2v) is 5.05. The summed E-state index contributed by atoms with van der Waals surface area (Å²) < 4.78 is 0. The molecule has 0 aromatic carbocycles. The first kappa shape index (κ1) is 14.5. The van der Waals surface area contributed by atoms with Crippen molar-refractivity contribution in [3.63, 3.8) is 0 Å². The van der Waals surface area contributed by atoms with Crippen molar-refractivity contribution in [2.45, 2.75) is 25.8 Å². The predicted molar refractivity (Wildman–Crippen MR) is 75.1 cm³/mol. The molecule has 6 heteroatoms. The first-order valence-electron chi connectivity index (χ1n) is 6.81. The molecule has 0 saturated carbocycles. The van der Waals surface area contributed by atoms with Gasteiger partial charge >= 0.3 is 0 Å². The van der Waals surface area contributed by atoms with Gasteiger partial charge in [0.1, 0.15) is 5.69 Å². The van der Waals surface area contributed by atoms with E-state index in [4.69, 9.17) is 5.73 Å². The molecule has 1 aliphatic heterocycles. The van der Waals surface area contributed by atoms with Crippen LogP contribution >= 0.6 is 0 Å². The molecule has 0 bridgehead atoms. The molecule has 1 fully saturated rings. The normalized spacial score (nSPS) is 15.8. The highest BCUT2D eigenvalue weighted by Crippen LogP contribution is 2.16. The van der Waals surface area contributed by atoms with Crippen molar-refractivity contribution in [2.75, 3.05) is 19.6 Å². The first-order chi connectivity index (χ1) is 9.59. The minimum atomic E-state index is -0.495. The summed E-state index contributed by atoms with van der Waals surface area (Å²) in [5.74, 6) is -0.709. The van der Waals surface area contributed by atoms with Gasteiger partial charge in [0.05, 0.1) is 6.54 Å². The number of primary amides is 1. The van der Waals surface area contributed by atoms with Crippen LogP contribution in [0.4, 0.5) is 0 Å². The van der Waals surface area contributed by atoms with Crippen molar-refractivity contribution in [3.8, 4) is 0 Å². The largest absolute Gasteiger partial charge is 0.368 e. The van der Waals surface area contributed by atoms with Crippen molar-refractivity contribution in [3.05, 3.63) is 29.6 Å². The minimum Gasteiger partial charge on any atom is -0.368 e. The van der Waals surface area contributed by atoms with Crippen LogP contribution in [0.5, 0.6) is 0 Å². The quantitative estimate of drug-likeness (QED) is 0.814. The maximum absolute atomic E-state index is 12.6. The van der Waals surface area contributed by atoms with E-state index < -0.39 is 5.91 Å². The smallest absolute Gasteiger partial charge is 0.273 e. The number of aryl methyl sites for hydroxylation is 1. The van der Waals surface area contributed by atoms with E-state index >= 15 is 0 Å². The average molecular weight is 276 g/mol. The number of carbonyl (C=O) groups excluding carboxylic acids is 2. The Balaban J connectivity index is 2.23. The third-order valence-corrected chi connectivity index (χ3v) is 3.55. The topological polar surface area (TPSA) is 88.3 Å². The molecule has 1 saturated heterocycles. The summed E-state index contributed by atoms with van der Waals surface area (Å²) in [6, 6.07) is 3.66. The molecular weight excluding hydrogens is 256 g/mol. The highest BCUT2D eigenvalue weighted by atomic mass is 16.2. The lowest BCUT2D eigenvalue weighted by atomic mass is 10.0. The lowest BCUT2D eigenvalue weighted by molar-refractivity contribution is -0.119. The summed E-state index contributed by atoms with van der Waals surface area (Å²) in [6.07, 6.45) is 3.24. The van der Waals surface area contributed by atoms with Crippen LogP contribution in [0.1, 0.15) is 28.9 Å². The van der Waals surface area contributed by atoms with E-state index in [1.165, 1.54) is 0 Å². The van der Waals surface area contributed by atoms with E-state index in [2.05, 4.69) is 10.3 Å². The molecule has 6 nitrogen and oxygen atoms in total. The molecule has 1 aromatic heterocycles. The van der Waals surface area contributed by atoms with Crippen molar-refractivity contribution in [1.29, 1.82) is 0 Å². The fourth-order valence-corrected chi connectivity index (χ4v) is 2.50. The van der Waals surface area contributed by atoms with E-state index in [0.29, 0.717) is 5.69 Å². The van der Waals surface area contributed by atoms with Gasteiger partial charge in [-0.1, -0.05) is 6.07 Å². The van der Waals surface area contributed by atoms with E-state index in [-0.39, 0.29) is 18.5 Å². The summed E-state index contributed by atoms with van der Waals surface area (Å²) in [5.41, 5.74) is 6.49. The summed E-state index contributed by atoms with van der Waals surface area (Å²) in [4.78, 5) is 29.6. The third-order valence-electron chi connectivity index (χ3n) is 3.55. The number of nitrogens with two attached hydrogens (primary N) is 1. The highest BCUT2D eigenvalue weighted by Gasteiger charge is 2.28. The molecular formula is C14H20N4O2. The maximum Gasteiger partial charge on any atom is 0.273 e. The average Bonchev–Trinajstić information content (AvgIpc) is 2.45. The Hall–Kier alpha value is -1.95. The Labute approximate surface area is 118 Å². The Morgan fingerprint density at radius 1 is 1.45 bits per heavy atom. The van der Waals surface area contributed by atoms with Crippen LogP contribution in [0.3, 0.4) is 0 Å². The minimum absolute atomic E-state index is 0.0395. The number of nitrogens with zero attached hydrogens (tertiary/aromatic N) is 2. The zero-order chi connectivity index (χ0) is 14.5. The van der Waals surface area contributed by atoms with E-state index in [9.17, 15) is 9.59 Å². The Kier molecular flexibility index (Phi) is 4.68. The van der Waals surface area contributed by atoms with E-state index in [1.807, 2.05) is 13.0 Å². The monoisotopic (exact) mass is 276 g/mol. The number of piperidine rings is 1. The van der Waals surface area contributed by atoms with Gasteiger partial charge in [0, 0.05) is 12.2 Å². The third kappa shape index (κ3) is 3.33. The summed E-state index contributed by atoms with van der Waals surface area (Å²) in [5, 5.41) is 3.24. The van der Waals surface area contributed by atoms with Crippen LogP contribution in [-0.4, -0.2) is 47.4 Å². The van der Waals surface area contributed by atoms with Gasteiger partial charge in [0.2, 0.25) is 5.91 Å². The number of nitrogens with one attached hydrogen (secondary N) is 1. The number of aromatic nitrogens is 1. The number of pyridine rings is 1. The molecule has 0 unspecified atom stereocenters. The molecule has 0 spiro atoms. The van der Waals surface area contributed by atoms with Gasteiger partial charge in [0.15, 0.2) is 0 Å². The molecule has 108 valence electrons. The second-order valence-electron chi connectivity index (χ2n) is 5.05. The molecule has 20 heavy (non-hydrogen) atoms. The van der Waals surface area contributed by atoms with Gasteiger partial charge in [-0.15, -0.1) is 0 Å². The molecule has 1 aliphatic rings. The molecule has 2 heterocycles. The number of carbonyl (C=O) groups is 2. The van der Waals surface area contributed by atoms with E-state index in [0.717, 1.165) is 31.5 Å². The van der Waals surface area contributed by atoms with Crippen molar-refractivity contribution < 1.29 is 9.59 Å². The van der Waals surface area contributed by atoms with Gasteiger partial charge in [0.25, 0.3) is 5.91 Å². The molecule has 1 aromatic rings. The van der Waals surface area contributed by atoms with Crippen molar-refractivity contribution in [1.82, 2.24) is 15.2 Å². The molecule has 3 N–H and O–H groups in total. The lowest BCUT2D eigenvalue weighted by Crippen LogP contribution is -2.49. The number of amides is 2. The van der Waals surface area contributed by atoms with Crippen LogP contribution < -0.4 is 11.1 Å². The fourth-order valence-electron chi connectivity index (χ4n) is 2.50. The molecule has 0 radical (unpaired) electrons. The van der Waals surface area contributed by atoms with Gasteiger partial charge < -0.3 is 16.0 Å². The van der Waals surface area contributed by atoms with Crippen molar-refractivity contribution in [2.24, 2.45) is 5.73 Å². The van der Waals surface area contributed by atoms with Gasteiger partial charge in [-0.05, 0) is 44.5 Å². The SMILES string of the molecule is Cc1cccnc1C(=O)N(CC(N)=O)C1CCNCC1. The van der Waals surface area contributed by atoms with Gasteiger partial charge in [-0.3, -0.25) is 14.6 Å². The van der Waals surface area contributed by atoms with Crippen LogP contribution in [0, 0.1) is 6.92 Å². The summed E-state index contributed by atoms with van der Waals surface area (Å²) >= 11 is 0. The number of hydrogen-bond donors (Lipinski definition) is 2. The van der Waals surface area contributed by atoms with Crippen molar-refractivity contribution >= 4 is 11.8 Å². The Morgan fingerprint density at radius 2 is 2.15 bits per heavy atom. The maximum atomic E-state index is 12.6. The van der Waals surface area contributed by atoms with Crippen LogP contribution in [0.25, 0.3) is 0 Å². The van der Waals surface area contributed by atoms with Gasteiger partial charge in [-0.25, -0.2) is 0 Å². The predicted octanol–water partition coefficient (Wildman–Crippen LogP) is 0.0695. The van der Waals surface area contributed by atoms with Crippen LogP contribution in [-0.2, 0) is 4.79 Å². The zero-order valence-corrected chi connectivity index (χ0v) is 11.6. The fraction of sp³-hybridized carbons (Fsp3) is 0.500. The summed E-state index contributed by atoms with van der Waals surface area (Å²) in [7, 11) is 0. The molecule has 0 atom stereocenters.